The Kier molecular flexibility index (Phi) is 8.20. The van der Waals surface area contributed by atoms with Crippen LogP contribution in [0.4, 0.5) is 0 Å². The first-order valence-electron chi connectivity index (χ1n) is 10.7. The van der Waals surface area contributed by atoms with Crippen LogP contribution < -0.4 is 0 Å². The molecule has 0 spiro atoms. The molecule has 2 heterocycles. The highest BCUT2D eigenvalue weighted by atomic mass is 16.5. The van der Waals surface area contributed by atoms with E-state index in [1.54, 1.807) is 0 Å². The Morgan fingerprint density at radius 1 is 1.17 bits per heavy atom. The van der Waals surface area contributed by atoms with E-state index in [0.717, 1.165) is 50.2 Å². The second-order valence-electron chi connectivity index (χ2n) is 7.63. The van der Waals surface area contributed by atoms with Crippen LogP contribution in [0.1, 0.15) is 55.5 Å². The lowest BCUT2D eigenvalue weighted by molar-refractivity contribution is -0.143. The summed E-state index contributed by atoms with van der Waals surface area (Å²) < 4.78 is 11.6. The van der Waals surface area contributed by atoms with Gasteiger partial charge >= 0.3 is 5.97 Å². The minimum absolute atomic E-state index is 0.0954. The van der Waals surface area contributed by atoms with Gasteiger partial charge in [-0.3, -0.25) is 9.78 Å². The van der Waals surface area contributed by atoms with E-state index in [2.05, 4.69) is 41.1 Å². The Balaban J connectivity index is 1.53. The minimum atomic E-state index is -0.142. The molecule has 2 aromatic rings. The summed E-state index contributed by atoms with van der Waals surface area (Å²) in [6.45, 7) is 7.33. The van der Waals surface area contributed by atoms with Crippen molar-refractivity contribution in [3.8, 4) is 0 Å². The highest BCUT2D eigenvalue weighted by Gasteiger charge is 2.25. The Labute approximate surface area is 174 Å². The molecule has 0 aliphatic carbocycles. The second-order valence-corrected chi connectivity index (χ2v) is 7.63. The molecule has 1 aromatic heterocycles. The maximum atomic E-state index is 11.5. The number of benzene rings is 1. The Morgan fingerprint density at radius 3 is 2.59 bits per heavy atom. The summed E-state index contributed by atoms with van der Waals surface area (Å²) in [6.07, 6.45) is 5.24. The van der Waals surface area contributed by atoms with Crippen LogP contribution in [0.3, 0.4) is 0 Å². The highest BCUT2D eigenvalue weighted by molar-refractivity contribution is 5.69. The van der Waals surface area contributed by atoms with E-state index in [4.69, 9.17) is 9.47 Å². The molecule has 5 nitrogen and oxygen atoms in total. The molecule has 156 valence electrons. The molecular formula is C24H32N2O3. The number of pyridine rings is 1. The molecule has 1 atom stereocenters. The summed E-state index contributed by atoms with van der Waals surface area (Å²) in [5, 5.41) is 0. The van der Waals surface area contributed by atoms with Crippen molar-refractivity contribution in [1.29, 1.82) is 0 Å². The summed E-state index contributed by atoms with van der Waals surface area (Å²) >= 11 is 0. The number of hydrogen-bond acceptors (Lipinski definition) is 5. The fourth-order valence-electron chi connectivity index (χ4n) is 3.73. The average Bonchev–Trinajstić information content (AvgIpc) is 2.75. The predicted octanol–water partition coefficient (Wildman–Crippen LogP) is 4.30. The molecule has 5 heteroatoms. The minimum Gasteiger partial charge on any atom is -0.466 e. The van der Waals surface area contributed by atoms with Gasteiger partial charge in [0.05, 0.1) is 18.4 Å². The zero-order valence-corrected chi connectivity index (χ0v) is 17.5. The van der Waals surface area contributed by atoms with E-state index in [9.17, 15) is 4.79 Å². The molecule has 29 heavy (non-hydrogen) atoms. The van der Waals surface area contributed by atoms with Gasteiger partial charge < -0.3 is 14.4 Å². The first kappa shape index (κ1) is 21.5. The number of rotatable bonds is 9. The molecule has 3 rings (SSSR count). The monoisotopic (exact) mass is 396 g/mol. The van der Waals surface area contributed by atoms with Crippen LogP contribution in [0.15, 0.2) is 48.7 Å². The number of piperidine rings is 1. The lowest BCUT2D eigenvalue weighted by Crippen LogP contribution is -2.38. The van der Waals surface area contributed by atoms with Gasteiger partial charge in [0, 0.05) is 25.7 Å². The Morgan fingerprint density at radius 2 is 1.93 bits per heavy atom. The fourth-order valence-corrected chi connectivity index (χ4v) is 3.73. The summed E-state index contributed by atoms with van der Waals surface area (Å²) in [4.78, 5) is 18.5. The van der Waals surface area contributed by atoms with Crippen molar-refractivity contribution in [3.63, 3.8) is 0 Å². The van der Waals surface area contributed by atoms with Gasteiger partial charge in [0.25, 0.3) is 0 Å². The topological polar surface area (TPSA) is 51.7 Å². The number of aryl methyl sites for hydroxylation is 1. The zero-order chi connectivity index (χ0) is 20.5. The Bertz CT molecular complexity index is 740. The van der Waals surface area contributed by atoms with E-state index >= 15 is 0 Å². The number of nitrogens with zero attached hydrogens (tertiary/aromatic N) is 2. The first-order valence-corrected chi connectivity index (χ1v) is 10.7. The van der Waals surface area contributed by atoms with E-state index < -0.39 is 0 Å². The van der Waals surface area contributed by atoms with Crippen molar-refractivity contribution in [2.75, 3.05) is 26.2 Å². The number of carbonyl (C=O) groups excluding carboxylic acids is 1. The van der Waals surface area contributed by atoms with Crippen LogP contribution in [-0.2, 0) is 14.3 Å². The van der Waals surface area contributed by atoms with Crippen LogP contribution in [0, 0.1) is 6.92 Å². The Hall–Kier alpha value is -2.24. The van der Waals surface area contributed by atoms with Gasteiger partial charge in [0.15, 0.2) is 0 Å². The van der Waals surface area contributed by atoms with Gasteiger partial charge in [-0.25, -0.2) is 0 Å². The van der Waals surface area contributed by atoms with Gasteiger partial charge in [-0.15, -0.1) is 0 Å². The molecule has 1 saturated heterocycles. The van der Waals surface area contributed by atoms with Crippen molar-refractivity contribution in [2.24, 2.45) is 0 Å². The SMILES string of the molecule is CCOC(=O)CCCN1CCC(OC(c2ccc(C)cc2)c2ccccn2)CC1. The molecule has 0 bridgehead atoms. The van der Waals surface area contributed by atoms with Crippen molar-refractivity contribution >= 4 is 5.97 Å². The smallest absolute Gasteiger partial charge is 0.305 e. The van der Waals surface area contributed by atoms with Crippen LogP contribution in [0.2, 0.25) is 0 Å². The quantitative estimate of drug-likeness (QED) is 0.592. The molecule has 0 radical (unpaired) electrons. The van der Waals surface area contributed by atoms with E-state index in [1.165, 1.54) is 5.56 Å². The summed E-state index contributed by atoms with van der Waals surface area (Å²) in [5.74, 6) is -0.0954. The molecule has 0 N–H and O–H groups in total. The number of ether oxygens (including phenoxy) is 2. The van der Waals surface area contributed by atoms with Crippen molar-refractivity contribution < 1.29 is 14.3 Å². The summed E-state index contributed by atoms with van der Waals surface area (Å²) in [5.41, 5.74) is 3.34. The molecule has 1 aromatic carbocycles. The second kappa shape index (κ2) is 11.1. The van der Waals surface area contributed by atoms with E-state index in [1.807, 2.05) is 31.3 Å². The molecule has 1 aliphatic heterocycles. The number of likely N-dealkylation sites (tertiary alicyclic amines) is 1. The van der Waals surface area contributed by atoms with Gasteiger partial charge in [-0.2, -0.15) is 0 Å². The lowest BCUT2D eigenvalue weighted by atomic mass is 10.0. The lowest BCUT2D eigenvalue weighted by Gasteiger charge is -2.34. The van der Waals surface area contributed by atoms with E-state index in [-0.39, 0.29) is 18.2 Å². The van der Waals surface area contributed by atoms with Crippen LogP contribution in [0.5, 0.6) is 0 Å². The van der Waals surface area contributed by atoms with Crippen LogP contribution >= 0.6 is 0 Å². The van der Waals surface area contributed by atoms with Gasteiger partial charge in [-0.1, -0.05) is 35.9 Å². The van der Waals surface area contributed by atoms with Crippen LogP contribution in [-0.4, -0.2) is 48.2 Å². The molecule has 1 fully saturated rings. The van der Waals surface area contributed by atoms with Crippen LogP contribution in [0.25, 0.3) is 0 Å². The molecule has 1 unspecified atom stereocenters. The normalized spacial score (nSPS) is 16.5. The van der Waals surface area contributed by atoms with Crippen molar-refractivity contribution in [3.05, 3.63) is 65.5 Å². The molecule has 1 aliphatic rings. The number of aromatic nitrogens is 1. The van der Waals surface area contributed by atoms with Gasteiger partial charge in [0.1, 0.15) is 6.10 Å². The standard InChI is InChI=1S/C24H32N2O3/c1-3-28-23(27)8-6-16-26-17-13-21(14-18-26)29-24(22-7-4-5-15-25-22)20-11-9-19(2)10-12-20/h4-5,7,9-12,15,21,24H,3,6,8,13-14,16-18H2,1-2H3. The molecular weight excluding hydrogens is 364 g/mol. The number of hydrogen-bond donors (Lipinski definition) is 0. The largest absolute Gasteiger partial charge is 0.466 e. The summed E-state index contributed by atoms with van der Waals surface area (Å²) in [7, 11) is 0. The fraction of sp³-hybridized carbons (Fsp3) is 0.500. The number of esters is 1. The number of carbonyl (C=O) groups is 1. The summed E-state index contributed by atoms with van der Waals surface area (Å²) in [6, 6.07) is 14.5. The predicted molar refractivity (Wildman–Crippen MR) is 114 cm³/mol. The average molecular weight is 397 g/mol. The third-order valence-electron chi connectivity index (χ3n) is 5.36. The maximum Gasteiger partial charge on any atom is 0.305 e. The van der Waals surface area contributed by atoms with Crippen molar-refractivity contribution in [2.45, 2.75) is 51.7 Å². The van der Waals surface area contributed by atoms with Gasteiger partial charge in [-0.05, 0) is 57.4 Å². The highest BCUT2D eigenvalue weighted by Crippen LogP contribution is 2.29. The zero-order valence-electron chi connectivity index (χ0n) is 17.5. The van der Waals surface area contributed by atoms with Gasteiger partial charge in [0.2, 0.25) is 0 Å². The third-order valence-corrected chi connectivity index (χ3v) is 5.36. The molecule has 0 amide bonds. The third kappa shape index (κ3) is 6.65. The molecule has 0 saturated carbocycles. The maximum absolute atomic E-state index is 11.5. The van der Waals surface area contributed by atoms with E-state index in [0.29, 0.717) is 13.0 Å². The van der Waals surface area contributed by atoms with Crippen molar-refractivity contribution in [1.82, 2.24) is 9.88 Å². The first-order chi connectivity index (χ1) is 14.2.